The molecule has 1 nitrogen and oxygen atoms in total. The molecule has 2 fully saturated rings. The predicted molar refractivity (Wildman–Crippen MR) is 83.8 cm³/mol. The second-order valence-corrected chi connectivity index (χ2v) is 8.39. The molecule has 0 aliphatic heterocycles. The van der Waals surface area contributed by atoms with E-state index in [2.05, 4.69) is 50.4 Å². The Bertz CT molecular complexity index is 503. The average molecular weight is 269 g/mol. The van der Waals surface area contributed by atoms with Crippen LogP contribution >= 0.6 is 0 Å². The van der Waals surface area contributed by atoms with E-state index in [1.165, 1.54) is 32.1 Å². The van der Waals surface area contributed by atoms with Gasteiger partial charge in [-0.05, 0) is 60.0 Å². The molecule has 4 rings (SSSR count). The first-order valence-corrected chi connectivity index (χ1v) is 8.32. The lowest BCUT2D eigenvalue weighted by Gasteiger charge is -2.44. The molecule has 2 saturated carbocycles. The Morgan fingerprint density at radius 2 is 1.70 bits per heavy atom. The van der Waals surface area contributed by atoms with Gasteiger partial charge in [0.1, 0.15) is 0 Å². The van der Waals surface area contributed by atoms with E-state index in [0.717, 1.165) is 5.92 Å². The quantitative estimate of drug-likeness (QED) is 0.857. The summed E-state index contributed by atoms with van der Waals surface area (Å²) in [7, 11) is 0. The molecule has 1 aromatic rings. The molecule has 0 amide bonds. The highest BCUT2D eigenvalue weighted by Crippen LogP contribution is 2.62. The van der Waals surface area contributed by atoms with Gasteiger partial charge >= 0.3 is 0 Å². The molecule has 3 atom stereocenters. The lowest BCUT2D eigenvalue weighted by Crippen LogP contribution is -2.54. The Labute approximate surface area is 123 Å². The molecule has 0 saturated heterocycles. The molecule has 0 aromatic heterocycles. The largest absolute Gasteiger partial charge is 0.309 e. The van der Waals surface area contributed by atoms with E-state index in [1.54, 1.807) is 11.1 Å². The van der Waals surface area contributed by atoms with Gasteiger partial charge in [0.05, 0.1) is 0 Å². The third-order valence-electron chi connectivity index (χ3n) is 6.72. The Hall–Kier alpha value is -0.820. The minimum Gasteiger partial charge on any atom is -0.309 e. The lowest BCUT2D eigenvalue weighted by molar-refractivity contribution is 0.0993. The normalized spacial score (nSPS) is 38.4. The molecule has 108 valence electrons. The van der Waals surface area contributed by atoms with Gasteiger partial charge in [-0.25, -0.2) is 0 Å². The molecular formula is C19H27N. The van der Waals surface area contributed by atoms with E-state index in [4.69, 9.17) is 0 Å². The zero-order valence-electron chi connectivity index (χ0n) is 13.1. The molecule has 0 spiro atoms. The summed E-state index contributed by atoms with van der Waals surface area (Å²) in [4.78, 5) is 0. The zero-order chi connectivity index (χ0) is 14.0. The summed E-state index contributed by atoms with van der Waals surface area (Å²) in [6, 6.07) is 10.4. The van der Waals surface area contributed by atoms with Crippen LogP contribution < -0.4 is 5.32 Å². The van der Waals surface area contributed by atoms with Gasteiger partial charge < -0.3 is 5.32 Å². The molecule has 3 unspecified atom stereocenters. The van der Waals surface area contributed by atoms with Crippen LogP contribution in [0.4, 0.5) is 0 Å². The van der Waals surface area contributed by atoms with Crippen molar-refractivity contribution in [2.24, 2.45) is 16.7 Å². The van der Waals surface area contributed by atoms with Crippen LogP contribution in [0.15, 0.2) is 24.3 Å². The summed E-state index contributed by atoms with van der Waals surface area (Å²) in [6.45, 7) is 7.53. The summed E-state index contributed by atoms with van der Waals surface area (Å²) in [6.07, 6.45) is 6.77. The van der Waals surface area contributed by atoms with Gasteiger partial charge in [-0.3, -0.25) is 0 Å². The Morgan fingerprint density at radius 1 is 1.05 bits per heavy atom. The van der Waals surface area contributed by atoms with Gasteiger partial charge in [0.25, 0.3) is 0 Å². The summed E-state index contributed by atoms with van der Waals surface area (Å²) < 4.78 is 0. The highest BCUT2D eigenvalue weighted by atomic mass is 15.0. The van der Waals surface area contributed by atoms with Gasteiger partial charge in [0.15, 0.2) is 0 Å². The molecule has 0 radical (unpaired) electrons. The van der Waals surface area contributed by atoms with Crippen LogP contribution in [-0.2, 0) is 12.8 Å². The van der Waals surface area contributed by atoms with Gasteiger partial charge in [0.2, 0.25) is 0 Å². The van der Waals surface area contributed by atoms with Crippen molar-refractivity contribution < 1.29 is 0 Å². The van der Waals surface area contributed by atoms with Crippen molar-refractivity contribution in [3.05, 3.63) is 35.4 Å². The van der Waals surface area contributed by atoms with E-state index in [9.17, 15) is 0 Å². The summed E-state index contributed by atoms with van der Waals surface area (Å²) in [5.41, 5.74) is 4.15. The second-order valence-electron chi connectivity index (χ2n) is 8.39. The SMILES string of the molecule is CC12CCC(C1)C(C)(C)C2NC1Cc2ccccc2C1. The maximum atomic E-state index is 4.09. The molecule has 2 bridgehead atoms. The van der Waals surface area contributed by atoms with Crippen molar-refractivity contribution >= 4 is 0 Å². The van der Waals surface area contributed by atoms with E-state index in [1.807, 2.05) is 0 Å². The summed E-state index contributed by atoms with van der Waals surface area (Å²) in [5, 5.41) is 4.09. The first kappa shape index (κ1) is 12.9. The van der Waals surface area contributed by atoms with Gasteiger partial charge in [0, 0.05) is 12.1 Å². The molecule has 20 heavy (non-hydrogen) atoms. The number of benzene rings is 1. The fraction of sp³-hybridized carbons (Fsp3) is 0.684. The number of hydrogen-bond donors (Lipinski definition) is 1. The first-order valence-electron chi connectivity index (χ1n) is 8.32. The van der Waals surface area contributed by atoms with Crippen LogP contribution in [0.1, 0.15) is 51.2 Å². The standard InChI is InChI=1S/C19H27N/c1-18(2)15-8-9-19(3,12-15)17(18)20-16-10-13-6-4-5-7-14(13)11-16/h4-7,15-17,20H,8-12H2,1-3H3. The maximum absolute atomic E-state index is 4.09. The van der Waals surface area contributed by atoms with Crippen molar-refractivity contribution in [1.82, 2.24) is 5.32 Å². The van der Waals surface area contributed by atoms with Crippen molar-refractivity contribution in [1.29, 1.82) is 0 Å². The van der Waals surface area contributed by atoms with Crippen LogP contribution in [0.2, 0.25) is 0 Å². The molecule has 1 N–H and O–H groups in total. The fourth-order valence-corrected chi connectivity index (χ4v) is 5.63. The molecule has 0 heterocycles. The van der Waals surface area contributed by atoms with Crippen molar-refractivity contribution in [3.63, 3.8) is 0 Å². The summed E-state index contributed by atoms with van der Waals surface area (Å²) in [5.74, 6) is 0.939. The van der Waals surface area contributed by atoms with Crippen LogP contribution in [-0.4, -0.2) is 12.1 Å². The highest BCUT2D eigenvalue weighted by Gasteiger charge is 2.59. The smallest absolute Gasteiger partial charge is 0.0178 e. The van der Waals surface area contributed by atoms with Crippen LogP contribution in [0, 0.1) is 16.7 Å². The van der Waals surface area contributed by atoms with Gasteiger partial charge in [-0.1, -0.05) is 45.0 Å². The lowest BCUT2D eigenvalue weighted by atomic mass is 9.68. The fourth-order valence-electron chi connectivity index (χ4n) is 5.63. The maximum Gasteiger partial charge on any atom is 0.0178 e. The van der Waals surface area contributed by atoms with Crippen molar-refractivity contribution in [3.8, 4) is 0 Å². The molecular weight excluding hydrogens is 242 g/mol. The first-order chi connectivity index (χ1) is 9.49. The molecule has 3 aliphatic carbocycles. The Balaban J connectivity index is 1.53. The topological polar surface area (TPSA) is 12.0 Å². The van der Waals surface area contributed by atoms with E-state index in [0.29, 0.717) is 22.9 Å². The average Bonchev–Trinajstić information content (AvgIpc) is 3.03. The Kier molecular flexibility index (Phi) is 2.64. The van der Waals surface area contributed by atoms with Crippen LogP contribution in [0.25, 0.3) is 0 Å². The highest BCUT2D eigenvalue weighted by molar-refractivity contribution is 5.33. The van der Waals surface area contributed by atoms with Crippen molar-refractivity contribution in [2.45, 2.75) is 65.0 Å². The third kappa shape index (κ3) is 1.72. The molecule has 1 heteroatoms. The van der Waals surface area contributed by atoms with Crippen molar-refractivity contribution in [2.75, 3.05) is 0 Å². The molecule has 3 aliphatic rings. The second kappa shape index (κ2) is 4.10. The third-order valence-corrected chi connectivity index (χ3v) is 6.72. The van der Waals surface area contributed by atoms with E-state index in [-0.39, 0.29) is 0 Å². The van der Waals surface area contributed by atoms with Crippen LogP contribution in [0.3, 0.4) is 0 Å². The number of nitrogens with one attached hydrogen (secondary N) is 1. The minimum atomic E-state index is 0.474. The van der Waals surface area contributed by atoms with E-state index >= 15 is 0 Å². The van der Waals surface area contributed by atoms with E-state index < -0.39 is 0 Å². The number of fused-ring (bicyclic) bond motifs is 3. The molecule has 1 aromatic carbocycles. The predicted octanol–water partition coefficient (Wildman–Crippen LogP) is 3.96. The monoisotopic (exact) mass is 269 g/mol. The zero-order valence-corrected chi connectivity index (χ0v) is 13.1. The van der Waals surface area contributed by atoms with Gasteiger partial charge in [-0.15, -0.1) is 0 Å². The summed E-state index contributed by atoms with van der Waals surface area (Å²) >= 11 is 0. The minimum absolute atomic E-state index is 0.474. The Morgan fingerprint density at radius 3 is 2.25 bits per heavy atom. The number of rotatable bonds is 2. The number of hydrogen-bond acceptors (Lipinski definition) is 1. The van der Waals surface area contributed by atoms with Crippen LogP contribution in [0.5, 0.6) is 0 Å². The van der Waals surface area contributed by atoms with Gasteiger partial charge in [-0.2, -0.15) is 0 Å².